The van der Waals surface area contributed by atoms with E-state index in [2.05, 4.69) is 37.8 Å². The molecule has 5 rings (SSSR count). The number of amides is 2. The monoisotopic (exact) mass is 592 g/mol. The largest absolute Gasteiger partial charge is 0.416 e. The number of piperazine rings is 1. The van der Waals surface area contributed by atoms with Crippen molar-refractivity contribution in [2.24, 2.45) is 0 Å². The minimum atomic E-state index is -4.56. The number of rotatable bonds is 8. The number of likely N-dealkylation sites (N-methyl/N-ethyl adjacent to an activating group) is 1. The molecule has 1 fully saturated rings. The Bertz CT molecular complexity index is 1600. The zero-order valence-electron chi connectivity index (χ0n) is 23.7. The molecule has 10 nitrogen and oxygen atoms in total. The summed E-state index contributed by atoms with van der Waals surface area (Å²) in [6.07, 6.45) is -1.36. The minimum Gasteiger partial charge on any atom is -0.322 e. The molecular formula is C30H31F3N8O2. The quantitative estimate of drug-likeness (QED) is 0.306. The fraction of sp³-hybridized carbons (Fsp3) is 0.300. The van der Waals surface area contributed by atoms with E-state index in [1.807, 2.05) is 4.90 Å². The van der Waals surface area contributed by atoms with Gasteiger partial charge in [-0.25, -0.2) is 9.67 Å². The van der Waals surface area contributed by atoms with E-state index in [0.717, 1.165) is 25.7 Å². The number of carbonyl (C=O) groups excluding carboxylic acids is 2. The molecule has 0 atom stereocenters. The zero-order valence-corrected chi connectivity index (χ0v) is 23.7. The van der Waals surface area contributed by atoms with Gasteiger partial charge in [0.1, 0.15) is 11.5 Å². The van der Waals surface area contributed by atoms with Gasteiger partial charge >= 0.3 is 6.18 Å². The Morgan fingerprint density at radius 1 is 0.953 bits per heavy atom. The SMILES string of the molecule is CCN1CCN(Cc2ccc(NC(=O)c3cccc(-n4cc(-c5ccc(NC(C)=O)nc5)nn4)c3)cc2C(F)(F)F)CC1. The summed E-state index contributed by atoms with van der Waals surface area (Å²) < 4.78 is 43.5. The lowest BCUT2D eigenvalue weighted by atomic mass is 10.0. The number of nitrogens with one attached hydrogen (secondary N) is 2. The maximum absolute atomic E-state index is 14.0. The summed E-state index contributed by atoms with van der Waals surface area (Å²) >= 11 is 0. The molecule has 0 radical (unpaired) electrons. The second-order valence-corrected chi connectivity index (χ2v) is 10.2. The summed E-state index contributed by atoms with van der Waals surface area (Å²) in [7, 11) is 0. The highest BCUT2D eigenvalue weighted by atomic mass is 19.4. The van der Waals surface area contributed by atoms with Crippen molar-refractivity contribution < 1.29 is 22.8 Å². The molecule has 1 aliphatic rings. The zero-order chi connectivity index (χ0) is 30.6. The molecule has 13 heteroatoms. The first kappa shape index (κ1) is 29.9. The van der Waals surface area contributed by atoms with Crippen LogP contribution in [-0.2, 0) is 17.5 Å². The van der Waals surface area contributed by atoms with Crippen LogP contribution in [0.15, 0.2) is 67.0 Å². The Hall–Kier alpha value is -4.62. The molecule has 1 saturated heterocycles. The van der Waals surface area contributed by atoms with Crippen LogP contribution in [0.25, 0.3) is 16.9 Å². The van der Waals surface area contributed by atoms with E-state index in [4.69, 9.17) is 0 Å². The minimum absolute atomic E-state index is 0.0560. The molecule has 0 unspecified atom stereocenters. The molecule has 2 amide bonds. The van der Waals surface area contributed by atoms with Crippen LogP contribution in [0.2, 0.25) is 0 Å². The van der Waals surface area contributed by atoms with Gasteiger partial charge in [0.25, 0.3) is 5.91 Å². The molecule has 0 spiro atoms. The lowest BCUT2D eigenvalue weighted by Gasteiger charge is -2.34. The van der Waals surface area contributed by atoms with Crippen LogP contribution < -0.4 is 10.6 Å². The Labute approximate surface area is 246 Å². The average molecular weight is 593 g/mol. The number of benzene rings is 2. The number of hydrogen-bond donors (Lipinski definition) is 2. The summed E-state index contributed by atoms with van der Waals surface area (Å²) in [5, 5.41) is 13.5. The third kappa shape index (κ3) is 7.43. The number of pyridine rings is 1. The Morgan fingerprint density at radius 3 is 2.40 bits per heavy atom. The highest BCUT2D eigenvalue weighted by Crippen LogP contribution is 2.35. The smallest absolute Gasteiger partial charge is 0.322 e. The lowest BCUT2D eigenvalue weighted by Crippen LogP contribution is -2.45. The molecule has 0 bridgehead atoms. The lowest BCUT2D eigenvalue weighted by molar-refractivity contribution is -0.138. The van der Waals surface area contributed by atoms with Crippen LogP contribution in [0.1, 0.15) is 35.3 Å². The van der Waals surface area contributed by atoms with Crippen molar-refractivity contribution in [3.8, 4) is 16.9 Å². The standard InChI is InChI=1S/C30H31F3N8O2/c1-3-39-11-13-40(14-12-39)18-23-7-9-24(16-26(23)30(31,32)33)36-29(43)21-5-4-6-25(15-21)41-19-27(37-38-41)22-8-10-28(34-17-22)35-20(2)42/h4-10,15-17,19H,3,11-14,18H2,1-2H3,(H,36,43)(H,34,35,42). The van der Waals surface area contributed by atoms with Crippen LogP contribution in [0.4, 0.5) is 24.7 Å². The van der Waals surface area contributed by atoms with E-state index in [0.29, 0.717) is 35.9 Å². The van der Waals surface area contributed by atoms with E-state index in [9.17, 15) is 22.8 Å². The Morgan fingerprint density at radius 2 is 1.72 bits per heavy atom. The summed E-state index contributed by atoms with van der Waals surface area (Å²) in [5.41, 5.74) is 1.43. The molecule has 0 saturated carbocycles. The van der Waals surface area contributed by atoms with Gasteiger partial charge in [-0.3, -0.25) is 14.5 Å². The van der Waals surface area contributed by atoms with E-state index in [1.54, 1.807) is 48.8 Å². The third-order valence-corrected chi connectivity index (χ3v) is 7.21. The third-order valence-electron chi connectivity index (χ3n) is 7.21. The second kappa shape index (κ2) is 12.7. The summed E-state index contributed by atoms with van der Waals surface area (Å²) in [6, 6.07) is 13.8. The van der Waals surface area contributed by atoms with Gasteiger partial charge < -0.3 is 15.5 Å². The van der Waals surface area contributed by atoms with Gasteiger partial charge in [-0.05, 0) is 54.6 Å². The number of nitrogens with zero attached hydrogens (tertiary/aromatic N) is 6. The molecule has 2 N–H and O–H groups in total. The molecule has 4 aromatic rings. The van der Waals surface area contributed by atoms with Crippen molar-refractivity contribution in [3.05, 3.63) is 83.7 Å². The molecule has 2 aromatic heterocycles. The first-order valence-corrected chi connectivity index (χ1v) is 13.8. The molecule has 2 aromatic carbocycles. The number of anilines is 2. The molecule has 43 heavy (non-hydrogen) atoms. The van der Waals surface area contributed by atoms with E-state index in [1.165, 1.54) is 23.7 Å². The number of carbonyl (C=O) groups is 2. The molecule has 0 aliphatic carbocycles. The van der Waals surface area contributed by atoms with Crippen molar-refractivity contribution >= 4 is 23.3 Å². The van der Waals surface area contributed by atoms with Gasteiger partial charge in [0, 0.05) is 62.7 Å². The number of aromatic nitrogens is 4. The normalized spacial score (nSPS) is 14.4. The van der Waals surface area contributed by atoms with Crippen molar-refractivity contribution in [1.29, 1.82) is 0 Å². The Kier molecular flexibility index (Phi) is 8.83. The first-order valence-electron chi connectivity index (χ1n) is 13.8. The predicted octanol–water partition coefficient (Wildman–Crippen LogP) is 4.70. The second-order valence-electron chi connectivity index (χ2n) is 10.2. The average Bonchev–Trinajstić information content (AvgIpc) is 3.48. The molecule has 3 heterocycles. The summed E-state index contributed by atoms with van der Waals surface area (Å²) in [4.78, 5) is 32.7. The van der Waals surface area contributed by atoms with Gasteiger partial charge in [0.15, 0.2) is 0 Å². The van der Waals surface area contributed by atoms with Crippen LogP contribution >= 0.6 is 0 Å². The highest BCUT2D eigenvalue weighted by molar-refractivity contribution is 6.04. The van der Waals surface area contributed by atoms with E-state index in [-0.39, 0.29) is 29.3 Å². The summed E-state index contributed by atoms with van der Waals surface area (Å²) in [6.45, 7) is 7.63. The van der Waals surface area contributed by atoms with E-state index >= 15 is 0 Å². The molecule has 1 aliphatic heterocycles. The van der Waals surface area contributed by atoms with Crippen LogP contribution in [0.5, 0.6) is 0 Å². The Balaban J connectivity index is 1.29. The van der Waals surface area contributed by atoms with Crippen LogP contribution in [0, 0.1) is 0 Å². The van der Waals surface area contributed by atoms with Crippen molar-refractivity contribution in [3.63, 3.8) is 0 Å². The number of hydrogen-bond acceptors (Lipinski definition) is 7. The van der Waals surface area contributed by atoms with Gasteiger partial charge in [0.2, 0.25) is 5.91 Å². The molecule has 224 valence electrons. The van der Waals surface area contributed by atoms with Gasteiger partial charge in [-0.15, -0.1) is 5.10 Å². The highest BCUT2D eigenvalue weighted by Gasteiger charge is 2.34. The predicted molar refractivity (Wildman–Crippen MR) is 156 cm³/mol. The van der Waals surface area contributed by atoms with Gasteiger partial charge in [-0.2, -0.15) is 13.2 Å². The van der Waals surface area contributed by atoms with Crippen molar-refractivity contribution in [2.75, 3.05) is 43.4 Å². The van der Waals surface area contributed by atoms with Crippen LogP contribution in [0.3, 0.4) is 0 Å². The first-order chi connectivity index (χ1) is 20.6. The number of alkyl halides is 3. The maximum Gasteiger partial charge on any atom is 0.416 e. The van der Waals surface area contributed by atoms with E-state index < -0.39 is 17.6 Å². The fourth-order valence-electron chi connectivity index (χ4n) is 4.88. The maximum atomic E-state index is 14.0. The summed E-state index contributed by atoms with van der Waals surface area (Å²) in [5.74, 6) is -0.383. The van der Waals surface area contributed by atoms with Crippen molar-refractivity contribution in [1.82, 2.24) is 29.8 Å². The van der Waals surface area contributed by atoms with Gasteiger partial charge in [0.05, 0.1) is 17.4 Å². The molecular weight excluding hydrogens is 561 g/mol. The van der Waals surface area contributed by atoms with Gasteiger partial charge in [-0.1, -0.05) is 24.3 Å². The van der Waals surface area contributed by atoms with Crippen molar-refractivity contribution in [2.45, 2.75) is 26.6 Å². The number of halogens is 3. The topological polar surface area (TPSA) is 108 Å². The van der Waals surface area contributed by atoms with Crippen LogP contribution in [-0.4, -0.2) is 74.3 Å². The fourth-order valence-corrected chi connectivity index (χ4v) is 4.88.